The summed E-state index contributed by atoms with van der Waals surface area (Å²) in [6.07, 6.45) is 1.71. The second-order valence-electron chi connectivity index (χ2n) is 6.65. The maximum Gasteiger partial charge on any atom is 0.135 e. The maximum absolute atomic E-state index is 6.18. The van der Waals surface area contributed by atoms with E-state index in [1.807, 2.05) is 17.4 Å². The second-order valence-corrected chi connectivity index (χ2v) is 7.73. The molecule has 0 fully saturated rings. The van der Waals surface area contributed by atoms with Crippen LogP contribution < -0.4 is 0 Å². The molecule has 128 valence electrons. The van der Waals surface area contributed by atoms with Crippen molar-refractivity contribution in [3.8, 4) is 21.8 Å². The Labute approximate surface area is 158 Å². The zero-order valence-electron chi connectivity index (χ0n) is 14.3. The zero-order chi connectivity index (χ0) is 17.8. The average molecular weight is 366 g/mol. The Kier molecular flexibility index (Phi) is 3.04. The Morgan fingerprint density at radius 1 is 0.815 bits per heavy atom. The molecule has 3 aromatic carbocycles. The van der Waals surface area contributed by atoms with Gasteiger partial charge in [-0.05, 0) is 53.4 Å². The van der Waals surface area contributed by atoms with Crippen molar-refractivity contribution in [2.75, 3.05) is 0 Å². The summed E-state index contributed by atoms with van der Waals surface area (Å²) in [4.78, 5) is 8.72. The molecule has 6 rings (SSSR count). The van der Waals surface area contributed by atoms with Gasteiger partial charge in [0.15, 0.2) is 0 Å². The Hall–Kier alpha value is -3.37. The molecule has 1 N–H and O–H groups in total. The van der Waals surface area contributed by atoms with Gasteiger partial charge in [0.2, 0.25) is 0 Å². The summed E-state index contributed by atoms with van der Waals surface area (Å²) in [5.41, 5.74) is 5.10. The van der Waals surface area contributed by atoms with Crippen molar-refractivity contribution in [3.63, 3.8) is 0 Å². The van der Waals surface area contributed by atoms with Gasteiger partial charge in [-0.15, -0.1) is 11.3 Å². The summed E-state index contributed by atoms with van der Waals surface area (Å²) >= 11 is 1.81. The van der Waals surface area contributed by atoms with Crippen LogP contribution in [0.4, 0.5) is 0 Å². The lowest BCUT2D eigenvalue weighted by molar-refractivity contribution is 0.632. The second kappa shape index (κ2) is 5.56. The van der Waals surface area contributed by atoms with E-state index < -0.39 is 0 Å². The Morgan fingerprint density at radius 2 is 1.74 bits per heavy atom. The van der Waals surface area contributed by atoms with Crippen LogP contribution in [0.1, 0.15) is 0 Å². The van der Waals surface area contributed by atoms with Crippen LogP contribution >= 0.6 is 11.3 Å². The molecule has 3 heterocycles. The predicted octanol–water partition coefficient (Wildman–Crippen LogP) is 6.86. The first-order chi connectivity index (χ1) is 13.3. The van der Waals surface area contributed by atoms with E-state index in [0.29, 0.717) is 0 Å². The van der Waals surface area contributed by atoms with Crippen LogP contribution in [0.5, 0.6) is 0 Å². The highest BCUT2D eigenvalue weighted by Crippen LogP contribution is 2.36. The molecule has 6 aromatic rings. The summed E-state index contributed by atoms with van der Waals surface area (Å²) in [6.45, 7) is 0. The van der Waals surface area contributed by atoms with E-state index in [1.54, 1.807) is 6.33 Å². The van der Waals surface area contributed by atoms with Crippen LogP contribution in [0.15, 0.2) is 83.5 Å². The molecule has 0 unspecified atom stereocenters. The third kappa shape index (κ3) is 2.38. The van der Waals surface area contributed by atoms with Crippen molar-refractivity contribution in [1.82, 2.24) is 9.97 Å². The summed E-state index contributed by atoms with van der Waals surface area (Å²) in [7, 11) is 0. The van der Waals surface area contributed by atoms with Gasteiger partial charge in [-0.3, -0.25) is 0 Å². The lowest BCUT2D eigenvalue weighted by Crippen LogP contribution is -1.74. The molecule has 0 amide bonds. The van der Waals surface area contributed by atoms with E-state index in [2.05, 4.69) is 76.7 Å². The molecule has 0 aliphatic carbocycles. The number of nitrogens with one attached hydrogen (secondary N) is 1. The van der Waals surface area contributed by atoms with Gasteiger partial charge in [0.25, 0.3) is 0 Å². The summed E-state index contributed by atoms with van der Waals surface area (Å²) in [5, 5.41) is 2.39. The van der Waals surface area contributed by atoms with Gasteiger partial charge in [0.05, 0.1) is 17.4 Å². The minimum atomic E-state index is 0.864. The van der Waals surface area contributed by atoms with Crippen LogP contribution in [-0.2, 0) is 0 Å². The van der Waals surface area contributed by atoms with Crippen molar-refractivity contribution in [1.29, 1.82) is 0 Å². The van der Waals surface area contributed by atoms with E-state index in [-0.39, 0.29) is 0 Å². The number of aromatic amines is 1. The van der Waals surface area contributed by atoms with Gasteiger partial charge in [0, 0.05) is 20.5 Å². The van der Waals surface area contributed by atoms with E-state index in [9.17, 15) is 0 Å². The quantitative estimate of drug-likeness (QED) is 0.364. The molecular weight excluding hydrogens is 352 g/mol. The van der Waals surface area contributed by atoms with Crippen molar-refractivity contribution in [2.24, 2.45) is 0 Å². The number of hydrogen-bond donors (Lipinski definition) is 1. The van der Waals surface area contributed by atoms with Crippen molar-refractivity contribution < 1.29 is 4.42 Å². The minimum absolute atomic E-state index is 0.864. The fourth-order valence-corrected chi connectivity index (χ4v) is 4.60. The molecule has 0 saturated heterocycles. The molecule has 0 aliphatic rings. The normalized spacial score (nSPS) is 11.7. The number of rotatable bonds is 2. The van der Waals surface area contributed by atoms with Crippen molar-refractivity contribution in [2.45, 2.75) is 0 Å². The maximum atomic E-state index is 6.18. The zero-order valence-corrected chi connectivity index (χ0v) is 15.1. The van der Waals surface area contributed by atoms with Gasteiger partial charge >= 0.3 is 0 Å². The molecule has 0 radical (unpaired) electrons. The average Bonchev–Trinajstić information content (AvgIpc) is 3.42. The number of fused-ring (bicyclic) bond motifs is 3. The first kappa shape index (κ1) is 14.8. The number of imidazole rings is 1. The van der Waals surface area contributed by atoms with Crippen molar-refractivity contribution >= 4 is 43.4 Å². The third-order valence-corrected chi connectivity index (χ3v) is 6.10. The number of H-pyrrole nitrogens is 1. The summed E-state index contributed by atoms with van der Waals surface area (Å²) in [6, 6.07) is 25.4. The van der Waals surface area contributed by atoms with E-state index in [4.69, 9.17) is 4.42 Å². The minimum Gasteiger partial charge on any atom is -0.456 e. The molecule has 3 aromatic heterocycles. The monoisotopic (exact) mass is 366 g/mol. The number of thiophene rings is 1. The highest BCUT2D eigenvalue weighted by Gasteiger charge is 2.10. The first-order valence-electron chi connectivity index (χ1n) is 8.80. The number of aromatic nitrogens is 2. The summed E-state index contributed by atoms with van der Waals surface area (Å²) in [5.74, 6) is 0.864. The fraction of sp³-hybridized carbons (Fsp3) is 0. The van der Waals surface area contributed by atoms with Gasteiger partial charge < -0.3 is 9.40 Å². The van der Waals surface area contributed by atoms with E-state index in [0.717, 1.165) is 33.3 Å². The van der Waals surface area contributed by atoms with Gasteiger partial charge in [0.1, 0.15) is 11.3 Å². The Balaban J connectivity index is 1.46. The van der Waals surface area contributed by atoms with Crippen LogP contribution in [0.3, 0.4) is 0 Å². The number of nitrogens with zero attached hydrogens (tertiary/aromatic N) is 1. The molecule has 4 heteroatoms. The predicted molar refractivity (Wildman–Crippen MR) is 112 cm³/mol. The van der Waals surface area contributed by atoms with Gasteiger partial charge in [-0.1, -0.05) is 30.3 Å². The topological polar surface area (TPSA) is 41.8 Å². The largest absolute Gasteiger partial charge is 0.456 e. The van der Waals surface area contributed by atoms with E-state index in [1.165, 1.54) is 20.5 Å². The molecular formula is C23H14N2OS. The Morgan fingerprint density at radius 3 is 2.70 bits per heavy atom. The smallest absolute Gasteiger partial charge is 0.135 e. The lowest BCUT2D eigenvalue weighted by atomic mass is 10.1. The summed E-state index contributed by atoms with van der Waals surface area (Å²) < 4.78 is 7.49. The number of benzene rings is 3. The van der Waals surface area contributed by atoms with Crippen LogP contribution in [0, 0.1) is 0 Å². The van der Waals surface area contributed by atoms with Gasteiger partial charge in [-0.25, -0.2) is 4.98 Å². The Bertz CT molecular complexity index is 1400. The highest BCUT2D eigenvalue weighted by atomic mass is 32.1. The highest BCUT2D eigenvalue weighted by molar-refractivity contribution is 7.22. The van der Waals surface area contributed by atoms with E-state index >= 15 is 0 Å². The molecule has 3 nitrogen and oxygen atoms in total. The van der Waals surface area contributed by atoms with Crippen molar-refractivity contribution in [3.05, 3.63) is 79.1 Å². The molecule has 0 atom stereocenters. The van der Waals surface area contributed by atoms with Gasteiger partial charge in [-0.2, -0.15) is 0 Å². The third-order valence-electron chi connectivity index (χ3n) is 4.94. The number of hydrogen-bond acceptors (Lipinski definition) is 3. The fourth-order valence-electron chi connectivity index (χ4n) is 3.54. The standard InChI is InChI=1S/C23H14N2OS/c1-2-4-22-16(3-1)12-23(27-22)17-6-5-15-10-20(26-21(15)11-17)14-7-8-18-19(9-14)25-13-24-18/h1-13H,(H,24,25). The van der Waals surface area contributed by atoms with Crippen LogP contribution in [0.25, 0.3) is 53.9 Å². The van der Waals surface area contributed by atoms with Crippen LogP contribution in [-0.4, -0.2) is 9.97 Å². The molecule has 0 spiro atoms. The first-order valence-corrected chi connectivity index (χ1v) is 9.61. The molecule has 27 heavy (non-hydrogen) atoms. The molecule has 0 aliphatic heterocycles. The molecule has 0 saturated carbocycles. The lowest BCUT2D eigenvalue weighted by Gasteiger charge is -1.97. The SMILES string of the molecule is c1ccc2sc(-c3ccc4cc(-c5ccc6[nH]cnc6c5)oc4c3)cc2c1. The molecule has 0 bridgehead atoms. The van der Waals surface area contributed by atoms with Crippen LogP contribution in [0.2, 0.25) is 0 Å². The number of furan rings is 1.